The largest absolute Gasteiger partial charge is 0.220 e. The van der Waals surface area contributed by atoms with Crippen LogP contribution in [0.4, 0.5) is 0 Å². The van der Waals surface area contributed by atoms with Crippen LogP contribution < -0.4 is 0 Å². The molecular weight excluding hydrogens is 303 g/mol. The van der Waals surface area contributed by atoms with Crippen LogP contribution in [0.25, 0.3) is 0 Å². The normalized spacial score (nSPS) is 11.7. The van der Waals surface area contributed by atoms with Gasteiger partial charge in [0.2, 0.25) is 0 Å². The molecule has 1 aromatic heterocycles. The average molecular weight is 323 g/mol. The van der Waals surface area contributed by atoms with Crippen LogP contribution in [0.15, 0.2) is 30.3 Å². The van der Waals surface area contributed by atoms with Gasteiger partial charge in [-0.3, -0.25) is 0 Å². The Morgan fingerprint density at radius 2 is 1.43 bits per heavy atom. The van der Waals surface area contributed by atoms with Crippen molar-refractivity contribution >= 4 is 23.2 Å². The van der Waals surface area contributed by atoms with Gasteiger partial charge in [-0.1, -0.05) is 74.3 Å². The van der Waals surface area contributed by atoms with Gasteiger partial charge in [-0.15, -0.1) is 0 Å². The maximum Gasteiger partial charge on any atom is 0.142 e. The molecule has 0 radical (unpaired) electrons. The molecule has 1 aromatic carbocycles. The van der Waals surface area contributed by atoms with Crippen LogP contribution >= 0.6 is 23.2 Å². The molecule has 2 nitrogen and oxygen atoms in total. The molecule has 0 N–H and O–H groups in total. The monoisotopic (exact) mass is 322 g/mol. The van der Waals surface area contributed by atoms with Gasteiger partial charge in [0, 0.05) is 5.56 Å². The lowest BCUT2D eigenvalue weighted by Crippen LogP contribution is -2.29. The van der Waals surface area contributed by atoms with E-state index in [1.807, 2.05) is 25.1 Å². The second-order valence-electron chi connectivity index (χ2n) is 5.12. The highest BCUT2D eigenvalue weighted by Crippen LogP contribution is 2.38. The summed E-state index contributed by atoms with van der Waals surface area (Å²) in [5, 5.41) is 0.935. The van der Waals surface area contributed by atoms with E-state index in [1.54, 1.807) is 0 Å². The van der Waals surface area contributed by atoms with Crippen LogP contribution in [0.3, 0.4) is 0 Å². The highest BCUT2D eigenvalue weighted by molar-refractivity contribution is 6.34. The lowest BCUT2D eigenvalue weighted by atomic mass is 9.75. The van der Waals surface area contributed by atoms with E-state index in [0.29, 0.717) is 16.1 Å². The van der Waals surface area contributed by atoms with Crippen molar-refractivity contribution in [2.75, 3.05) is 0 Å². The minimum absolute atomic E-state index is 0.249. The van der Waals surface area contributed by atoms with Crippen molar-refractivity contribution in [3.63, 3.8) is 0 Å². The summed E-state index contributed by atoms with van der Waals surface area (Å²) in [6.07, 6.45) is 2.52. The quantitative estimate of drug-likeness (QED) is 0.684. The van der Waals surface area contributed by atoms with Crippen LogP contribution in [0, 0.1) is 0 Å². The summed E-state index contributed by atoms with van der Waals surface area (Å²) in [7, 11) is 0. The summed E-state index contributed by atoms with van der Waals surface area (Å²) < 4.78 is 0. The third-order valence-electron chi connectivity index (χ3n) is 4.22. The molecular formula is C17H20Cl2N2. The van der Waals surface area contributed by atoms with Crippen LogP contribution in [-0.2, 0) is 11.8 Å². The third kappa shape index (κ3) is 2.93. The van der Waals surface area contributed by atoms with Crippen LogP contribution in [0.5, 0.6) is 0 Å². The van der Waals surface area contributed by atoms with Crippen molar-refractivity contribution in [3.05, 3.63) is 57.6 Å². The Labute approximate surface area is 136 Å². The second-order valence-corrected chi connectivity index (χ2v) is 5.83. The lowest BCUT2D eigenvalue weighted by Gasteiger charge is -2.31. The summed E-state index contributed by atoms with van der Waals surface area (Å²) in [4.78, 5) is 9.13. The molecule has 0 unspecified atom stereocenters. The number of hydrogen-bond acceptors (Lipinski definition) is 2. The van der Waals surface area contributed by atoms with Gasteiger partial charge in [-0.25, -0.2) is 9.97 Å². The topological polar surface area (TPSA) is 25.8 Å². The molecule has 0 spiro atoms. The van der Waals surface area contributed by atoms with Gasteiger partial charge >= 0.3 is 0 Å². The zero-order valence-corrected chi connectivity index (χ0v) is 14.2. The van der Waals surface area contributed by atoms with E-state index in [4.69, 9.17) is 23.2 Å². The van der Waals surface area contributed by atoms with E-state index >= 15 is 0 Å². The van der Waals surface area contributed by atoms with Crippen molar-refractivity contribution in [3.8, 4) is 0 Å². The van der Waals surface area contributed by atoms with E-state index in [-0.39, 0.29) is 5.41 Å². The van der Waals surface area contributed by atoms with Crippen molar-refractivity contribution < 1.29 is 0 Å². The fraction of sp³-hybridized carbons (Fsp3) is 0.412. The lowest BCUT2D eigenvalue weighted by molar-refractivity contribution is 0.448. The van der Waals surface area contributed by atoms with E-state index in [2.05, 4.69) is 35.9 Å². The Hall–Kier alpha value is -1.12. The first-order valence-corrected chi connectivity index (χ1v) is 8.12. The predicted molar refractivity (Wildman–Crippen MR) is 89.2 cm³/mol. The summed E-state index contributed by atoms with van der Waals surface area (Å²) in [5.41, 5.74) is 1.77. The van der Waals surface area contributed by atoms with E-state index in [9.17, 15) is 0 Å². The van der Waals surface area contributed by atoms with Crippen LogP contribution in [0.2, 0.25) is 10.3 Å². The molecule has 2 aromatic rings. The third-order valence-corrected chi connectivity index (χ3v) is 4.85. The Morgan fingerprint density at radius 3 is 1.86 bits per heavy atom. The van der Waals surface area contributed by atoms with Gasteiger partial charge in [0.05, 0.1) is 5.41 Å². The maximum atomic E-state index is 6.31. The highest BCUT2D eigenvalue weighted by atomic mass is 35.5. The predicted octanol–water partition coefficient (Wildman–Crippen LogP) is 5.45. The highest BCUT2D eigenvalue weighted by Gasteiger charge is 2.34. The first kappa shape index (κ1) is 16.3. The van der Waals surface area contributed by atoms with Gasteiger partial charge in [-0.2, -0.15) is 0 Å². The maximum absolute atomic E-state index is 6.31. The zero-order chi connectivity index (χ0) is 15.5. The molecule has 0 bridgehead atoms. The van der Waals surface area contributed by atoms with Gasteiger partial charge < -0.3 is 0 Å². The minimum Gasteiger partial charge on any atom is -0.220 e. The Kier molecular flexibility index (Phi) is 5.23. The van der Waals surface area contributed by atoms with Gasteiger partial charge in [0.15, 0.2) is 0 Å². The van der Waals surface area contributed by atoms with Crippen molar-refractivity contribution in [1.29, 1.82) is 0 Å². The average Bonchev–Trinajstić information content (AvgIpc) is 2.50. The Balaban J connectivity index is 2.64. The fourth-order valence-corrected chi connectivity index (χ4v) is 3.45. The number of halogens is 2. The zero-order valence-electron chi connectivity index (χ0n) is 12.7. The Bertz CT molecular complexity index is 584. The fourth-order valence-electron chi connectivity index (χ4n) is 2.80. The first-order chi connectivity index (χ1) is 10.1. The number of rotatable bonds is 5. The molecule has 0 amide bonds. The molecule has 2 rings (SSSR count). The standard InChI is InChI=1S/C17H20Cl2N2/c1-4-13-14(18)20-16(21-15(13)19)17(5-2,6-3)12-10-8-7-9-11-12/h7-11H,4-6H2,1-3H3. The second kappa shape index (κ2) is 6.76. The van der Waals surface area contributed by atoms with Gasteiger partial charge in [0.25, 0.3) is 0 Å². The molecule has 0 saturated heterocycles. The van der Waals surface area contributed by atoms with Crippen molar-refractivity contribution in [2.24, 2.45) is 0 Å². The molecule has 0 atom stereocenters. The van der Waals surface area contributed by atoms with Crippen LogP contribution in [0.1, 0.15) is 50.6 Å². The summed E-state index contributed by atoms with van der Waals surface area (Å²) >= 11 is 12.6. The summed E-state index contributed by atoms with van der Waals surface area (Å²) in [5.74, 6) is 0.714. The first-order valence-electron chi connectivity index (χ1n) is 7.37. The minimum atomic E-state index is -0.249. The van der Waals surface area contributed by atoms with E-state index in [1.165, 1.54) is 5.56 Å². The molecule has 0 fully saturated rings. The van der Waals surface area contributed by atoms with Gasteiger partial charge in [-0.05, 0) is 24.8 Å². The number of hydrogen-bond donors (Lipinski definition) is 0. The smallest absolute Gasteiger partial charge is 0.142 e. The number of benzene rings is 1. The molecule has 0 aliphatic rings. The molecule has 0 aliphatic heterocycles. The Morgan fingerprint density at radius 1 is 0.905 bits per heavy atom. The molecule has 4 heteroatoms. The summed E-state index contributed by atoms with van der Waals surface area (Å²) in [6, 6.07) is 10.3. The van der Waals surface area contributed by atoms with E-state index < -0.39 is 0 Å². The molecule has 1 heterocycles. The molecule has 21 heavy (non-hydrogen) atoms. The molecule has 0 aliphatic carbocycles. The van der Waals surface area contributed by atoms with Gasteiger partial charge in [0.1, 0.15) is 16.1 Å². The molecule has 112 valence electrons. The van der Waals surface area contributed by atoms with Crippen LogP contribution in [-0.4, -0.2) is 9.97 Å². The van der Waals surface area contributed by atoms with E-state index in [0.717, 1.165) is 24.8 Å². The van der Waals surface area contributed by atoms with Crippen molar-refractivity contribution in [1.82, 2.24) is 9.97 Å². The molecule has 0 saturated carbocycles. The number of nitrogens with zero attached hydrogens (tertiary/aromatic N) is 2. The number of aromatic nitrogens is 2. The van der Waals surface area contributed by atoms with Crippen molar-refractivity contribution in [2.45, 2.75) is 45.4 Å². The SMILES string of the molecule is CCc1c(Cl)nc(C(CC)(CC)c2ccccc2)nc1Cl. The summed E-state index contributed by atoms with van der Waals surface area (Å²) in [6.45, 7) is 6.30.